The number of nitrogens with two attached hydrogens (primary N) is 1. The average molecular weight is 198 g/mol. The number of rotatable bonds is 3. The second-order valence-corrected chi connectivity index (χ2v) is 2.98. The van der Waals surface area contributed by atoms with Crippen molar-refractivity contribution in [2.45, 2.75) is 6.92 Å². The van der Waals surface area contributed by atoms with E-state index in [-0.39, 0.29) is 0 Å². The van der Waals surface area contributed by atoms with Gasteiger partial charge in [-0.25, -0.2) is 0 Å². The summed E-state index contributed by atoms with van der Waals surface area (Å²) in [5, 5.41) is 0.582. The van der Waals surface area contributed by atoms with Crippen molar-refractivity contribution in [3.05, 3.63) is 35.4 Å². The molecule has 70 valence electrons. The van der Waals surface area contributed by atoms with Crippen LogP contribution >= 0.6 is 11.6 Å². The lowest BCUT2D eigenvalue weighted by atomic mass is 10.3. The van der Waals surface area contributed by atoms with Crippen LogP contribution in [0.1, 0.15) is 6.92 Å². The number of benzene rings is 1. The number of nitrogen functional groups attached to an aromatic ring is 1. The highest BCUT2D eigenvalue weighted by Gasteiger charge is 1.99. The Kier molecular flexibility index (Phi) is 3.65. The van der Waals surface area contributed by atoms with Crippen LogP contribution in [0.15, 0.2) is 30.4 Å². The molecule has 0 bridgehead atoms. The fourth-order valence-electron chi connectivity index (χ4n) is 0.865. The van der Waals surface area contributed by atoms with Gasteiger partial charge < -0.3 is 10.5 Å². The molecule has 0 aliphatic heterocycles. The summed E-state index contributed by atoms with van der Waals surface area (Å²) in [6.45, 7) is 2.45. The fourth-order valence-corrected chi connectivity index (χ4v) is 1.04. The van der Waals surface area contributed by atoms with Crippen molar-refractivity contribution < 1.29 is 4.74 Å². The molecule has 0 saturated heterocycles. The van der Waals surface area contributed by atoms with Crippen molar-refractivity contribution in [3.8, 4) is 5.75 Å². The van der Waals surface area contributed by atoms with Gasteiger partial charge in [-0.2, -0.15) is 0 Å². The maximum atomic E-state index is 5.87. The van der Waals surface area contributed by atoms with Gasteiger partial charge in [0.05, 0.1) is 5.02 Å². The molecule has 2 N–H and O–H groups in total. The minimum Gasteiger partial charge on any atom is -0.488 e. The van der Waals surface area contributed by atoms with Crippen LogP contribution in [0.3, 0.4) is 0 Å². The molecule has 0 aliphatic carbocycles. The molecule has 0 radical (unpaired) electrons. The highest BCUT2D eigenvalue weighted by Crippen LogP contribution is 2.26. The number of ether oxygens (including phenoxy) is 1. The Morgan fingerprint density at radius 2 is 2.31 bits per heavy atom. The Balaban J connectivity index is 2.69. The van der Waals surface area contributed by atoms with Crippen LogP contribution in [0.2, 0.25) is 5.02 Å². The summed E-state index contributed by atoms with van der Waals surface area (Å²) < 4.78 is 5.36. The van der Waals surface area contributed by atoms with Crippen molar-refractivity contribution in [1.82, 2.24) is 0 Å². The highest BCUT2D eigenvalue weighted by molar-refractivity contribution is 6.32. The molecule has 0 heterocycles. The first kappa shape index (κ1) is 9.93. The average Bonchev–Trinajstić information content (AvgIpc) is 2.11. The van der Waals surface area contributed by atoms with E-state index in [2.05, 4.69) is 0 Å². The first-order chi connectivity index (χ1) is 6.24. The van der Waals surface area contributed by atoms with Gasteiger partial charge in [-0.1, -0.05) is 23.8 Å². The summed E-state index contributed by atoms with van der Waals surface area (Å²) in [5.74, 6) is 0.625. The summed E-state index contributed by atoms with van der Waals surface area (Å²) in [4.78, 5) is 0. The Bertz CT molecular complexity index is 310. The van der Waals surface area contributed by atoms with Crippen LogP contribution in [0.25, 0.3) is 0 Å². The third-order valence-electron chi connectivity index (χ3n) is 1.53. The van der Waals surface area contributed by atoms with Gasteiger partial charge in [0.15, 0.2) is 0 Å². The smallest absolute Gasteiger partial charge is 0.140 e. The predicted molar refractivity (Wildman–Crippen MR) is 56.2 cm³/mol. The van der Waals surface area contributed by atoms with E-state index in [1.165, 1.54) is 0 Å². The molecule has 1 rings (SSSR count). The van der Waals surface area contributed by atoms with Crippen molar-refractivity contribution in [1.29, 1.82) is 0 Å². The minimum absolute atomic E-state index is 0.514. The summed E-state index contributed by atoms with van der Waals surface area (Å²) in [6.07, 6.45) is 3.82. The number of halogens is 1. The number of hydrogen-bond acceptors (Lipinski definition) is 2. The van der Waals surface area contributed by atoms with Crippen molar-refractivity contribution >= 4 is 17.3 Å². The molecule has 0 aromatic heterocycles. The summed E-state index contributed by atoms with van der Waals surface area (Å²) in [5.41, 5.74) is 6.23. The molecule has 2 nitrogen and oxygen atoms in total. The lowest BCUT2D eigenvalue weighted by molar-refractivity contribution is 0.363. The van der Waals surface area contributed by atoms with Gasteiger partial charge in [0, 0.05) is 11.8 Å². The van der Waals surface area contributed by atoms with Crippen LogP contribution in [-0.2, 0) is 0 Å². The SMILES string of the molecule is C/C=C/COc1cc(N)ccc1Cl. The van der Waals surface area contributed by atoms with Gasteiger partial charge in [0.1, 0.15) is 12.4 Å². The minimum atomic E-state index is 0.514. The first-order valence-corrected chi connectivity index (χ1v) is 4.41. The summed E-state index contributed by atoms with van der Waals surface area (Å²) in [6, 6.07) is 5.18. The molecule has 1 aromatic rings. The zero-order valence-electron chi connectivity index (χ0n) is 7.46. The Morgan fingerprint density at radius 1 is 1.54 bits per heavy atom. The lowest BCUT2D eigenvalue weighted by Crippen LogP contribution is -1.95. The quantitative estimate of drug-likeness (QED) is 0.598. The van der Waals surface area contributed by atoms with Crippen LogP contribution in [0, 0.1) is 0 Å². The van der Waals surface area contributed by atoms with E-state index in [1.807, 2.05) is 19.1 Å². The van der Waals surface area contributed by atoms with Crippen LogP contribution in [0.5, 0.6) is 5.75 Å². The number of anilines is 1. The van der Waals surface area contributed by atoms with E-state index in [0.29, 0.717) is 23.1 Å². The zero-order chi connectivity index (χ0) is 9.68. The molecule has 0 amide bonds. The third-order valence-corrected chi connectivity index (χ3v) is 1.84. The molecule has 0 saturated carbocycles. The normalized spacial score (nSPS) is 10.6. The first-order valence-electron chi connectivity index (χ1n) is 4.03. The maximum Gasteiger partial charge on any atom is 0.140 e. The number of hydrogen-bond donors (Lipinski definition) is 1. The number of allylic oxidation sites excluding steroid dienone is 1. The van der Waals surface area contributed by atoms with Crippen LogP contribution in [0.4, 0.5) is 5.69 Å². The van der Waals surface area contributed by atoms with Crippen LogP contribution < -0.4 is 10.5 Å². The van der Waals surface area contributed by atoms with Crippen molar-refractivity contribution in [2.75, 3.05) is 12.3 Å². The van der Waals surface area contributed by atoms with Gasteiger partial charge in [0.25, 0.3) is 0 Å². The summed E-state index contributed by atoms with van der Waals surface area (Å²) >= 11 is 5.87. The largest absolute Gasteiger partial charge is 0.488 e. The van der Waals surface area contributed by atoms with Gasteiger partial charge in [-0.15, -0.1) is 0 Å². The van der Waals surface area contributed by atoms with E-state index in [9.17, 15) is 0 Å². The van der Waals surface area contributed by atoms with E-state index in [1.54, 1.807) is 18.2 Å². The standard InChI is InChI=1S/C10H12ClNO/c1-2-3-6-13-10-7-8(12)4-5-9(10)11/h2-5,7H,6,12H2,1H3/b3-2+. The van der Waals surface area contributed by atoms with Crippen molar-refractivity contribution in [2.24, 2.45) is 0 Å². The lowest BCUT2D eigenvalue weighted by Gasteiger charge is -2.05. The molecule has 0 aliphatic rings. The monoisotopic (exact) mass is 197 g/mol. The van der Waals surface area contributed by atoms with E-state index in [4.69, 9.17) is 22.1 Å². The third kappa shape index (κ3) is 2.99. The van der Waals surface area contributed by atoms with Gasteiger partial charge in [-0.3, -0.25) is 0 Å². The second kappa shape index (κ2) is 4.77. The molecule has 0 fully saturated rings. The molecule has 3 heteroatoms. The molecule has 0 atom stereocenters. The van der Waals surface area contributed by atoms with Gasteiger partial charge in [0.2, 0.25) is 0 Å². The molecular weight excluding hydrogens is 186 g/mol. The molecule has 0 unspecified atom stereocenters. The maximum absolute atomic E-state index is 5.87. The Labute approximate surface area is 83.0 Å². The van der Waals surface area contributed by atoms with Gasteiger partial charge in [-0.05, 0) is 19.1 Å². The van der Waals surface area contributed by atoms with E-state index in [0.717, 1.165) is 0 Å². The molecule has 13 heavy (non-hydrogen) atoms. The molecular formula is C10H12ClNO. The Morgan fingerprint density at radius 3 is 3.00 bits per heavy atom. The fraction of sp³-hybridized carbons (Fsp3) is 0.200. The van der Waals surface area contributed by atoms with E-state index >= 15 is 0 Å². The Hall–Kier alpha value is -1.15. The molecule has 1 aromatic carbocycles. The van der Waals surface area contributed by atoms with Gasteiger partial charge >= 0.3 is 0 Å². The summed E-state index contributed by atoms with van der Waals surface area (Å²) in [7, 11) is 0. The topological polar surface area (TPSA) is 35.2 Å². The van der Waals surface area contributed by atoms with Crippen molar-refractivity contribution in [3.63, 3.8) is 0 Å². The van der Waals surface area contributed by atoms with Crippen LogP contribution in [-0.4, -0.2) is 6.61 Å². The second-order valence-electron chi connectivity index (χ2n) is 2.57. The predicted octanol–water partition coefficient (Wildman–Crippen LogP) is 2.88. The highest BCUT2D eigenvalue weighted by atomic mass is 35.5. The van der Waals surface area contributed by atoms with E-state index < -0.39 is 0 Å². The molecule has 0 spiro atoms. The zero-order valence-corrected chi connectivity index (χ0v) is 8.21.